The Balaban J connectivity index is 1.78. The molecule has 0 aliphatic carbocycles. The summed E-state index contributed by atoms with van der Waals surface area (Å²) in [6, 6.07) is 14.0. The number of rotatable bonds is 8. The minimum absolute atomic E-state index is 0.0784. The molecule has 146 valence electrons. The molecule has 2 rings (SSSR count). The normalized spacial score (nSPS) is 12.3. The summed E-state index contributed by atoms with van der Waals surface area (Å²) in [7, 11) is 0. The molecule has 0 aliphatic rings. The van der Waals surface area contributed by atoms with Gasteiger partial charge in [-0.3, -0.25) is 4.79 Å². The third kappa shape index (κ3) is 6.27. The lowest BCUT2D eigenvalue weighted by Gasteiger charge is -2.19. The molecular formula is C22H28FNO3. The fourth-order valence-electron chi connectivity index (χ4n) is 2.52. The van der Waals surface area contributed by atoms with Crippen LogP contribution in [-0.4, -0.2) is 25.2 Å². The highest BCUT2D eigenvalue weighted by molar-refractivity contribution is 5.81. The van der Waals surface area contributed by atoms with Gasteiger partial charge in [0.1, 0.15) is 12.4 Å². The molecule has 0 heterocycles. The van der Waals surface area contributed by atoms with E-state index in [0.29, 0.717) is 19.6 Å². The number of hydrogen-bond acceptors (Lipinski definition) is 3. The summed E-state index contributed by atoms with van der Waals surface area (Å²) < 4.78 is 24.8. The van der Waals surface area contributed by atoms with Crippen LogP contribution in [0.2, 0.25) is 0 Å². The minimum atomic E-state index is -0.743. The highest BCUT2D eigenvalue weighted by atomic mass is 19.1. The van der Waals surface area contributed by atoms with Crippen molar-refractivity contribution in [1.29, 1.82) is 0 Å². The maximum absolute atomic E-state index is 13.7. The van der Waals surface area contributed by atoms with Gasteiger partial charge in [0, 0.05) is 0 Å². The van der Waals surface area contributed by atoms with Crippen molar-refractivity contribution >= 4 is 5.91 Å². The molecule has 0 aromatic heterocycles. The zero-order chi connectivity index (χ0) is 19.9. The van der Waals surface area contributed by atoms with Gasteiger partial charge < -0.3 is 14.8 Å². The number of carbonyl (C=O) groups is 1. The van der Waals surface area contributed by atoms with Gasteiger partial charge in [-0.25, -0.2) is 4.39 Å². The van der Waals surface area contributed by atoms with Crippen molar-refractivity contribution in [1.82, 2.24) is 5.32 Å². The summed E-state index contributed by atoms with van der Waals surface area (Å²) in [5.41, 5.74) is 1.33. The van der Waals surface area contributed by atoms with Crippen LogP contribution in [0, 0.1) is 5.82 Å². The van der Waals surface area contributed by atoms with Gasteiger partial charge in [0.25, 0.3) is 5.91 Å². The predicted octanol–water partition coefficient (Wildman–Crippen LogP) is 4.48. The smallest absolute Gasteiger partial charge is 0.261 e. The lowest BCUT2D eigenvalue weighted by molar-refractivity contribution is -0.128. The van der Waals surface area contributed by atoms with Crippen LogP contribution in [0.15, 0.2) is 48.5 Å². The van der Waals surface area contributed by atoms with Crippen molar-refractivity contribution < 1.29 is 18.7 Å². The Morgan fingerprint density at radius 1 is 1.11 bits per heavy atom. The first-order valence-electron chi connectivity index (χ1n) is 9.23. The standard InChI is InChI=1S/C22H28FNO3/c1-5-19(27-20-9-7-6-8-18(20)23)21(25)24-14-15-26-17-12-10-16(11-13-17)22(2,3)4/h6-13,19H,5,14-15H2,1-4H3,(H,24,25). The lowest BCUT2D eigenvalue weighted by atomic mass is 9.87. The minimum Gasteiger partial charge on any atom is -0.492 e. The van der Waals surface area contributed by atoms with E-state index in [4.69, 9.17) is 9.47 Å². The summed E-state index contributed by atoms with van der Waals surface area (Å²) >= 11 is 0. The molecule has 0 saturated heterocycles. The number of hydrogen-bond donors (Lipinski definition) is 1. The van der Waals surface area contributed by atoms with Crippen LogP contribution in [0.5, 0.6) is 11.5 Å². The maximum atomic E-state index is 13.7. The Morgan fingerprint density at radius 3 is 2.37 bits per heavy atom. The van der Waals surface area contributed by atoms with Gasteiger partial charge in [0.05, 0.1) is 6.54 Å². The number of halogens is 1. The molecular weight excluding hydrogens is 345 g/mol. The van der Waals surface area contributed by atoms with E-state index in [-0.39, 0.29) is 17.1 Å². The SMILES string of the molecule is CCC(Oc1ccccc1F)C(=O)NCCOc1ccc(C(C)(C)C)cc1. The predicted molar refractivity (Wildman–Crippen MR) is 105 cm³/mol. The van der Waals surface area contributed by atoms with E-state index in [2.05, 4.69) is 26.1 Å². The summed E-state index contributed by atoms with van der Waals surface area (Å²) in [5, 5.41) is 2.77. The van der Waals surface area contributed by atoms with Crippen molar-refractivity contribution in [3.05, 3.63) is 59.9 Å². The first-order valence-corrected chi connectivity index (χ1v) is 9.23. The van der Waals surface area contributed by atoms with Crippen molar-refractivity contribution in [3.63, 3.8) is 0 Å². The van der Waals surface area contributed by atoms with E-state index in [9.17, 15) is 9.18 Å². The van der Waals surface area contributed by atoms with E-state index < -0.39 is 11.9 Å². The van der Waals surface area contributed by atoms with E-state index in [1.807, 2.05) is 31.2 Å². The van der Waals surface area contributed by atoms with Crippen molar-refractivity contribution in [3.8, 4) is 11.5 Å². The fourth-order valence-corrected chi connectivity index (χ4v) is 2.52. The number of benzene rings is 2. The molecule has 0 spiro atoms. The average Bonchev–Trinajstić information content (AvgIpc) is 2.64. The molecule has 0 saturated carbocycles. The number of ether oxygens (including phenoxy) is 2. The van der Waals surface area contributed by atoms with Crippen LogP contribution in [0.1, 0.15) is 39.7 Å². The quantitative estimate of drug-likeness (QED) is 0.694. The maximum Gasteiger partial charge on any atom is 0.261 e. The Kier molecular flexibility index (Phi) is 7.22. The first kappa shape index (κ1) is 20.7. The zero-order valence-corrected chi connectivity index (χ0v) is 16.4. The molecule has 0 bridgehead atoms. The van der Waals surface area contributed by atoms with Crippen LogP contribution in [0.4, 0.5) is 4.39 Å². The molecule has 1 atom stereocenters. The van der Waals surface area contributed by atoms with Gasteiger partial charge in [-0.05, 0) is 41.7 Å². The molecule has 2 aromatic rings. The van der Waals surface area contributed by atoms with E-state index in [1.54, 1.807) is 12.1 Å². The second-order valence-electron chi connectivity index (χ2n) is 7.36. The monoisotopic (exact) mass is 373 g/mol. The number of para-hydroxylation sites is 1. The Labute approximate surface area is 160 Å². The third-order valence-electron chi connectivity index (χ3n) is 4.16. The molecule has 0 radical (unpaired) electrons. The highest BCUT2D eigenvalue weighted by Gasteiger charge is 2.19. The number of carbonyl (C=O) groups excluding carboxylic acids is 1. The van der Waals surface area contributed by atoms with Crippen LogP contribution >= 0.6 is 0 Å². The van der Waals surface area contributed by atoms with Crippen molar-refractivity contribution in [2.75, 3.05) is 13.2 Å². The van der Waals surface area contributed by atoms with Gasteiger partial charge >= 0.3 is 0 Å². The van der Waals surface area contributed by atoms with E-state index in [1.165, 1.54) is 17.7 Å². The van der Waals surface area contributed by atoms with Crippen molar-refractivity contribution in [2.45, 2.75) is 45.6 Å². The molecule has 1 amide bonds. The van der Waals surface area contributed by atoms with Gasteiger partial charge in [0.15, 0.2) is 17.7 Å². The number of amides is 1. The highest BCUT2D eigenvalue weighted by Crippen LogP contribution is 2.24. The topological polar surface area (TPSA) is 47.6 Å². The Bertz CT molecular complexity index is 738. The van der Waals surface area contributed by atoms with Crippen molar-refractivity contribution in [2.24, 2.45) is 0 Å². The van der Waals surface area contributed by atoms with Crippen LogP contribution in [0.3, 0.4) is 0 Å². The Hall–Kier alpha value is -2.56. The summed E-state index contributed by atoms with van der Waals surface area (Å²) in [4.78, 5) is 12.2. The summed E-state index contributed by atoms with van der Waals surface area (Å²) in [6.07, 6.45) is -0.303. The molecule has 0 aliphatic heterocycles. The van der Waals surface area contributed by atoms with Gasteiger partial charge in [-0.15, -0.1) is 0 Å². The molecule has 1 N–H and O–H groups in total. The largest absolute Gasteiger partial charge is 0.492 e. The van der Waals surface area contributed by atoms with E-state index in [0.717, 1.165) is 5.75 Å². The molecule has 2 aromatic carbocycles. The van der Waals surface area contributed by atoms with Crippen LogP contribution in [-0.2, 0) is 10.2 Å². The van der Waals surface area contributed by atoms with Gasteiger partial charge in [-0.2, -0.15) is 0 Å². The lowest BCUT2D eigenvalue weighted by Crippen LogP contribution is -2.39. The third-order valence-corrected chi connectivity index (χ3v) is 4.16. The fraction of sp³-hybridized carbons (Fsp3) is 0.409. The molecule has 4 nitrogen and oxygen atoms in total. The van der Waals surface area contributed by atoms with Crippen LogP contribution < -0.4 is 14.8 Å². The first-order chi connectivity index (χ1) is 12.8. The van der Waals surface area contributed by atoms with Gasteiger partial charge in [0.2, 0.25) is 0 Å². The summed E-state index contributed by atoms with van der Waals surface area (Å²) in [6.45, 7) is 8.98. The number of nitrogens with one attached hydrogen (secondary N) is 1. The molecule has 0 fully saturated rings. The van der Waals surface area contributed by atoms with E-state index >= 15 is 0 Å². The second-order valence-corrected chi connectivity index (χ2v) is 7.36. The molecule has 5 heteroatoms. The molecule has 27 heavy (non-hydrogen) atoms. The van der Waals surface area contributed by atoms with Gasteiger partial charge in [-0.1, -0.05) is 52.0 Å². The second kappa shape index (κ2) is 9.40. The Morgan fingerprint density at radius 2 is 1.78 bits per heavy atom. The average molecular weight is 373 g/mol. The zero-order valence-electron chi connectivity index (χ0n) is 16.4. The molecule has 1 unspecified atom stereocenters. The summed E-state index contributed by atoms with van der Waals surface area (Å²) in [5.74, 6) is 0.0693. The van der Waals surface area contributed by atoms with Crippen LogP contribution in [0.25, 0.3) is 0 Å².